The van der Waals surface area contributed by atoms with E-state index in [1.54, 1.807) is 37.6 Å². The number of benzene rings is 2. The molecule has 1 aliphatic rings. The van der Waals surface area contributed by atoms with Gasteiger partial charge in [0.15, 0.2) is 0 Å². The first-order valence-electron chi connectivity index (χ1n) is 11.3. The minimum Gasteiger partial charge on any atom is -0.497 e. The first-order valence-corrected chi connectivity index (χ1v) is 11.3. The van der Waals surface area contributed by atoms with E-state index in [4.69, 9.17) is 4.74 Å². The maximum Gasteiger partial charge on any atom is 0.323 e. The SMILES string of the molecule is COc1ccc(NC(=O)Nc2ccc(N3CCCN(C(=O)c4ccc(C)cc4)CC3)nc2)cc1. The second kappa shape index (κ2) is 10.7. The van der Waals surface area contributed by atoms with Crippen LogP contribution in [0.3, 0.4) is 0 Å². The van der Waals surface area contributed by atoms with Gasteiger partial charge >= 0.3 is 6.03 Å². The summed E-state index contributed by atoms with van der Waals surface area (Å²) in [5.41, 5.74) is 3.12. The van der Waals surface area contributed by atoms with E-state index in [9.17, 15) is 9.59 Å². The smallest absolute Gasteiger partial charge is 0.323 e. The monoisotopic (exact) mass is 459 g/mol. The number of hydrogen-bond acceptors (Lipinski definition) is 5. The molecule has 0 aliphatic carbocycles. The molecule has 1 saturated heterocycles. The maximum absolute atomic E-state index is 12.9. The van der Waals surface area contributed by atoms with Crippen LogP contribution in [0, 0.1) is 6.92 Å². The van der Waals surface area contributed by atoms with Crippen LogP contribution in [0.4, 0.5) is 22.0 Å². The molecule has 0 spiro atoms. The van der Waals surface area contributed by atoms with E-state index in [1.165, 1.54) is 0 Å². The third kappa shape index (κ3) is 5.83. The summed E-state index contributed by atoms with van der Waals surface area (Å²) >= 11 is 0. The van der Waals surface area contributed by atoms with Gasteiger partial charge in [-0.15, -0.1) is 0 Å². The number of carbonyl (C=O) groups is 2. The summed E-state index contributed by atoms with van der Waals surface area (Å²) in [5, 5.41) is 5.57. The number of ether oxygens (including phenoxy) is 1. The van der Waals surface area contributed by atoms with Gasteiger partial charge in [-0.2, -0.15) is 0 Å². The molecule has 0 bridgehead atoms. The molecule has 4 rings (SSSR count). The van der Waals surface area contributed by atoms with E-state index in [2.05, 4.69) is 20.5 Å². The van der Waals surface area contributed by atoms with Crippen molar-refractivity contribution in [3.8, 4) is 5.75 Å². The van der Waals surface area contributed by atoms with Crippen molar-refractivity contribution in [3.63, 3.8) is 0 Å². The fourth-order valence-electron chi connectivity index (χ4n) is 3.84. The minimum atomic E-state index is -0.347. The van der Waals surface area contributed by atoms with Crippen molar-refractivity contribution in [3.05, 3.63) is 78.0 Å². The van der Waals surface area contributed by atoms with E-state index in [1.807, 2.05) is 48.2 Å². The van der Waals surface area contributed by atoms with Gasteiger partial charge in [0, 0.05) is 37.4 Å². The maximum atomic E-state index is 12.9. The van der Waals surface area contributed by atoms with E-state index in [0.717, 1.165) is 35.7 Å². The van der Waals surface area contributed by atoms with E-state index >= 15 is 0 Å². The molecule has 8 nitrogen and oxygen atoms in total. The molecule has 0 saturated carbocycles. The Bertz CT molecular complexity index is 1110. The highest BCUT2D eigenvalue weighted by Gasteiger charge is 2.21. The van der Waals surface area contributed by atoms with Gasteiger partial charge in [-0.05, 0) is 61.9 Å². The number of nitrogens with zero attached hydrogens (tertiary/aromatic N) is 3. The van der Waals surface area contributed by atoms with Crippen LogP contribution in [0.15, 0.2) is 66.9 Å². The van der Waals surface area contributed by atoms with Crippen molar-refractivity contribution in [2.24, 2.45) is 0 Å². The first-order chi connectivity index (χ1) is 16.5. The highest BCUT2D eigenvalue weighted by molar-refractivity contribution is 5.99. The predicted octanol–water partition coefficient (Wildman–Crippen LogP) is 4.40. The highest BCUT2D eigenvalue weighted by Crippen LogP contribution is 2.19. The standard InChI is InChI=1S/C26H29N5O3/c1-19-4-6-20(7-5-19)25(32)31-15-3-14-30(16-17-31)24-13-10-22(18-27-24)29-26(33)28-21-8-11-23(34-2)12-9-21/h4-13,18H,3,14-17H2,1-2H3,(H2,28,29,33). The molecule has 3 aromatic rings. The summed E-state index contributed by atoms with van der Waals surface area (Å²) in [5.74, 6) is 1.62. The lowest BCUT2D eigenvalue weighted by atomic mass is 10.1. The van der Waals surface area contributed by atoms with Crippen molar-refractivity contribution in [2.75, 3.05) is 48.8 Å². The number of aromatic nitrogens is 1. The number of urea groups is 1. The number of anilines is 3. The second-order valence-corrected chi connectivity index (χ2v) is 8.21. The lowest BCUT2D eigenvalue weighted by molar-refractivity contribution is 0.0767. The number of hydrogen-bond donors (Lipinski definition) is 2. The Hall–Kier alpha value is -4.07. The van der Waals surface area contributed by atoms with Crippen LogP contribution in [0.5, 0.6) is 5.75 Å². The molecule has 0 radical (unpaired) electrons. The number of rotatable bonds is 5. The second-order valence-electron chi connectivity index (χ2n) is 8.21. The predicted molar refractivity (Wildman–Crippen MR) is 134 cm³/mol. The Balaban J connectivity index is 1.31. The van der Waals surface area contributed by atoms with Crippen LogP contribution < -0.4 is 20.3 Å². The summed E-state index contributed by atoms with van der Waals surface area (Å²) in [7, 11) is 1.60. The molecule has 3 amide bonds. The van der Waals surface area contributed by atoms with Crippen LogP contribution in [0.1, 0.15) is 22.3 Å². The van der Waals surface area contributed by atoms with E-state index in [0.29, 0.717) is 31.0 Å². The third-order valence-electron chi connectivity index (χ3n) is 5.76. The summed E-state index contributed by atoms with van der Waals surface area (Å²) < 4.78 is 5.12. The lowest BCUT2D eigenvalue weighted by Crippen LogP contribution is -2.35. The highest BCUT2D eigenvalue weighted by atomic mass is 16.5. The largest absolute Gasteiger partial charge is 0.497 e. The molecule has 2 aromatic carbocycles. The molecule has 1 aliphatic heterocycles. The number of carbonyl (C=O) groups excluding carboxylic acids is 2. The van der Waals surface area contributed by atoms with Crippen molar-refractivity contribution >= 4 is 29.1 Å². The topological polar surface area (TPSA) is 86.8 Å². The van der Waals surface area contributed by atoms with Crippen LogP contribution in [-0.2, 0) is 0 Å². The van der Waals surface area contributed by atoms with Crippen LogP contribution in [-0.4, -0.2) is 55.1 Å². The van der Waals surface area contributed by atoms with E-state index in [-0.39, 0.29) is 11.9 Å². The number of pyridine rings is 1. The molecule has 2 N–H and O–H groups in total. The Morgan fingerprint density at radius 3 is 2.24 bits per heavy atom. The average Bonchev–Trinajstić information content (AvgIpc) is 3.11. The number of methoxy groups -OCH3 is 1. The van der Waals surface area contributed by atoms with Gasteiger partial charge in [0.1, 0.15) is 11.6 Å². The number of aryl methyl sites for hydroxylation is 1. The molecular formula is C26H29N5O3. The van der Waals surface area contributed by atoms with Crippen molar-refractivity contribution in [1.29, 1.82) is 0 Å². The van der Waals surface area contributed by atoms with Crippen molar-refractivity contribution < 1.29 is 14.3 Å². The van der Waals surface area contributed by atoms with E-state index < -0.39 is 0 Å². The molecule has 8 heteroatoms. The summed E-state index contributed by atoms with van der Waals surface area (Å²) in [4.78, 5) is 33.7. The molecule has 1 fully saturated rings. The third-order valence-corrected chi connectivity index (χ3v) is 5.76. The van der Waals surface area contributed by atoms with Gasteiger partial charge in [-0.3, -0.25) is 4.79 Å². The lowest BCUT2D eigenvalue weighted by Gasteiger charge is -2.23. The van der Waals surface area contributed by atoms with Crippen molar-refractivity contribution in [1.82, 2.24) is 9.88 Å². The van der Waals surface area contributed by atoms with Crippen molar-refractivity contribution in [2.45, 2.75) is 13.3 Å². The summed E-state index contributed by atoms with van der Waals surface area (Å²) in [6.45, 7) is 4.89. The Kier molecular flexibility index (Phi) is 7.27. The zero-order valence-corrected chi connectivity index (χ0v) is 19.5. The van der Waals surface area contributed by atoms with Crippen LogP contribution >= 0.6 is 0 Å². The molecule has 176 valence electrons. The molecular weight excluding hydrogens is 430 g/mol. The first kappa shape index (κ1) is 23.1. The van der Waals surface area contributed by atoms with Crippen LogP contribution in [0.25, 0.3) is 0 Å². The fraction of sp³-hybridized carbons (Fsp3) is 0.269. The van der Waals surface area contributed by atoms with Gasteiger partial charge in [-0.25, -0.2) is 9.78 Å². The summed E-state index contributed by atoms with van der Waals surface area (Å²) in [6.07, 6.45) is 2.51. The molecule has 2 heterocycles. The molecule has 1 aromatic heterocycles. The zero-order chi connectivity index (χ0) is 23.9. The van der Waals surface area contributed by atoms with Gasteiger partial charge in [0.25, 0.3) is 5.91 Å². The quantitative estimate of drug-likeness (QED) is 0.591. The van der Waals surface area contributed by atoms with Crippen LogP contribution in [0.2, 0.25) is 0 Å². The average molecular weight is 460 g/mol. The molecule has 0 atom stereocenters. The van der Waals surface area contributed by atoms with Gasteiger partial charge in [-0.1, -0.05) is 17.7 Å². The Labute approximate surface area is 199 Å². The normalized spacial score (nSPS) is 13.7. The van der Waals surface area contributed by atoms with Gasteiger partial charge in [0.05, 0.1) is 19.0 Å². The van der Waals surface area contributed by atoms with Gasteiger partial charge < -0.3 is 25.2 Å². The molecule has 34 heavy (non-hydrogen) atoms. The number of amides is 3. The molecule has 0 unspecified atom stereocenters. The Morgan fingerprint density at radius 2 is 1.56 bits per heavy atom. The zero-order valence-electron chi connectivity index (χ0n) is 19.5. The summed E-state index contributed by atoms with van der Waals surface area (Å²) in [6, 6.07) is 18.2. The minimum absolute atomic E-state index is 0.0669. The Morgan fingerprint density at radius 1 is 0.853 bits per heavy atom. The number of nitrogens with one attached hydrogen (secondary N) is 2. The van der Waals surface area contributed by atoms with Gasteiger partial charge in [0.2, 0.25) is 0 Å². The fourth-order valence-corrected chi connectivity index (χ4v) is 3.84.